The van der Waals surface area contributed by atoms with Crippen molar-refractivity contribution in [3.8, 4) is 0 Å². The number of nitrogens with one attached hydrogen (secondary N) is 2. The van der Waals surface area contributed by atoms with Crippen LogP contribution in [-0.2, 0) is 0 Å². The van der Waals surface area contributed by atoms with Crippen molar-refractivity contribution >= 4 is 23.1 Å². The Kier molecular flexibility index (Phi) is 3.55. The van der Waals surface area contributed by atoms with Crippen LogP contribution in [-0.4, -0.2) is 10.8 Å². The van der Waals surface area contributed by atoms with Crippen LogP contribution in [0.1, 0.15) is 17.3 Å². The van der Waals surface area contributed by atoms with Gasteiger partial charge in [-0.3, -0.25) is 10.1 Å². The highest BCUT2D eigenvalue weighted by molar-refractivity contribution is 6.30. The fraction of sp³-hybridized carbons (Fsp3) is 0.0714. The molecule has 0 radical (unpaired) electrons. The number of hydrazine groups is 1. The molecule has 0 unspecified atom stereocenters. The van der Waals surface area contributed by atoms with Gasteiger partial charge in [0.25, 0.3) is 5.69 Å². The van der Waals surface area contributed by atoms with Crippen LogP contribution in [0.4, 0.5) is 5.69 Å². The summed E-state index contributed by atoms with van der Waals surface area (Å²) in [4.78, 5) is 14.9. The van der Waals surface area contributed by atoms with Crippen molar-refractivity contribution in [3.63, 3.8) is 0 Å². The molecule has 1 atom stereocenters. The third-order valence-corrected chi connectivity index (χ3v) is 3.35. The van der Waals surface area contributed by atoms with Crippen molar-refractivity contribution in [2.75, 3.05) is 0 Å². The Morgan fingerprint density at radius 3 is 2.67 bits per heavy atom. The largest absolute Gasteiger partial charge is 0.303 e. The number of hydrogen-bond acceptors (Lipinski definition) is 5. The number of rotatable bonds is 3. The number of aliphatic imine (C=N–C) groups is 1. The fourth-order valence-electron chi connectivity index (χ4n) is 2.05. The van der Waals surface area contributed by atoms with Gasteiger partial charge >= 0.3 is 0 Å². The zero-order valence-corrected chi connectivity index (χ0v) is 11.5. The van der Waals surface area contributed by atoms with E-state index in [4.69, 9.17) is 11.6 Å². The Bertz CT molecular complexity index is 715. The molecule has 1 aliphatic heterocycles. The zero-order valence-electron chi connectivity index (χ0n) is 10.8. The molecule has 2 N–H and O–H groups in total. The first kappa shape index (κ1) is 13.5. The summed E-state index contributed by atoms with van der Waals surface area (Å²) in [6, 6.07) is 13.7. The number of halogens is 1. The van der Waals surface area contributed by atoms with E-state index in [1.165, 1.54) is 12.1 Å². The summed E-state index contributed by atoms with van der Waals surface area (Å²) < 4.78 is 0. The van der Waals surface area contributed by atoms with E-state index >= 15 is 0 Å². The Balaban J connectivity index is 1.87. The maximum Gasteiger partial charge on any atom is 0.269 e. The predicted molar refractivity (Wildman–Crippen MR) is 80.1 cm³/mol. The number of amidine groups is 1. The molecule has 2 aromatic rings. The van der Waals surface area contributed by atoms with Gasteiger partial charge < -0.3 is 5.43 Å². The van der Waals surface area contributed by atoms with Crippen LogP contribution >= 0.6 is 11.6 Å². The van der Waals surface area contributed by atoms with Crippen LogP contribution < -0.4 is 10.9 Å². The molecule has 0 aromatic heterocycles. The molecule has 0 fully saturated rings. The SMILES string of the molecule is O=[N+]([O-])c1cccc([C@@H]2N=C(c3ccc(Cl)cc3)NN2)c1. The minimum absolute atomic E-state index is 0.0458. The average molecular weight is 303 g/mol. The van der Waals surface area contributed by atoms with Crippen molar-refractivity contribution in [3.05, 3.63) is 74.8 Å². The second-order valence-electron chi connectivity index (χ2n) is 4.51. The lowest BCUT2D eigenvalue weighted by atomic mass is 10.1. The monoisotopic (exact) mass is 302 g/mol. The molecule has 2 aromatic carbocycles. The average Bonchev–Trinajstić information content (AvgIpc) is 2.98. The lowest BCUT2D eigenvalue weighted by molar-refractivity contribution is -0.384. The third-order valence-electron chi connectivity index (χ3n) is 3.10. The van der Waals surface area contributed by atoms with Gasteiger partial charge in [0.05, 0.1) is 4.92 Å². The van der Waals surface area contributed by atoms with Crippen molar-refractivity contribution in [1.29, 1.82) is 0 Å². The molecule has 6 nitrogen and oxygen atoms in total. The number of hydrogen-bond donors (Lipinski definition) is 2. The van der Waals surface area contributed by atoms with Crippen LogP contribution in [0.3, 0.4) is 0 Å². The molecule has 1 aliphatic rings. The zero-order chi connectivity index (χ0) is 14.8. The van der Waals surface area contributed by atoms with Gasteiger partial charge in [0.15, 0.2) is 0 Å². The first-order valence-electron chi connectivity index (χ1n) is 6.23. The van der Waals surface area contributed by atoms with Crippen molar-refractivity contribution in [1.82, 2.24) is 10.9 Å². The smallest absolute Gasteiger partial charge is 0.269 e. The Hall–Kier alpha value is -2.44. The molecule has 21 heavy (non-hydrogen) atoms. The second-order valence-corrected chi connectivity index (χ2v) is 4.95. The molecular weight excluding hydrogens is 292 g/mol. The standard InChI is InChI=1S/C14H11ClN4O2/c15-11-6-4-9(5-7-11)13-16-14(18-17-13)10-2-1-3-12(8-10)19(20)21/h1-8,14,18H,(H,16,17)/t14-/m1/s1. The molecule has 0 saturated carbocycles. The molecule has 0 bridgehead atoms. The summed E-state index contributed by atoms with van der Waals surface area (Å²) in [6.07, 6.45) is -0.365. The van der Waals surface area contributed by atoms with Gasteiger partial charge in [-0.25, -0.2) is 10.4 Å². The minimum atomic E-state index is -0.421. The van der Waals surface area contributed by atoms with Gasteiger partial charge in [-0.2, -0.15) is 0 Å². The number of benzene rings is 2. The van der Waals surface area contributed by atoms with E-state index in [0.717, 1.165) is 11.1 Å². The van der Waals surface area contributed by atoms with Crippen LogP contribution in [0.5, 0.6) is 0 Å². The van der Waals surface area contributed by atoms with Gasteiger partial charge in [-0.05, 0) is 29.8 Å². The van der Waals surface area contributed by atoms with Crippen LogP contribution in [0.2, 0.25) is 5.02 Å². The van der Waals surface area contributed by atoms with Gasteiger partial charge in [0, 0.05) is 22.7 Å². The van der Waals surface area contributed by atoms with Crippen molar-refractivity contribution in [2.24, 2.45) is 4.99 Å². The van der Waals surface area contributed by atoms with Crippen molar-refractivity contribution < 1.29 is 4.92 Å². The topological polar surface area (TPSA) is 79.6 Å². The summed E-state index contributed by atoms with van der Waals surface area (Å²) in [7, 11) is 0. The quantitative estimate of drug-likeness (QED) is 0.675. The van der Waals surface area contributed by atoms with Crippen LogP contribution in [0.15, 0.2) is 53.5 Å². The number of nitrogens with zero attached hydrogens (tertiary/aromatic N) is 2. The Morgan fingerprint density at radius 2 is 1.95 bits per heavy atom. The van der Waals surface area contributed by atoms with E-state index in [-0.39, 0.29) is 11.9 Å². The molecular formula is C14H11ClN4O2. The first-order chi connectivity index (χ1) is 10.1. The molecule has 0 spiro atoms. The van der Waals surface area contributed by atoms with Gasteiger partial charge in [-0.15, -0.1) is 0 Å². The second kappa shape index (κ2) is 5.51. The van der Waals surface area contributed by atoms with Gasteiger partial charge in [-0.1, -0.05) is 23.7 Å². The van der Waals surface area contributed by atoms with E-state index in [1.54, 1.807) is 24.3 Å². The van der Waals surface area contributed by atoms with Crippen LogP contribution in [0.25, 0.3) is 0 Å². The molecule has 7 heteroatoms. The molecule has 106 valence electrons. The summed E-state index contributed by atoms with van der Waals surface area (Å²) in [5.41, 5.74) is 7.63. The maximum absolute atomic E-state index is 10.8. The van der Waals surface area contributed by atoms with Gasteiger partial charge in [0.1, 0.15) is 12.0 Å². The van der Waals surface area contributed by atoms with Crippen molar-refractivity contribution in [2.45, 2.75) is 6.17 Å². The highest BCUT2D eigenvalue weighted by Crippen LogP contribution is 2.23. The highest BCUT2D eigenvalue weighted by atomic mass is 35.5. The Morgan fingerprint density at radius 1 is 1.19 bits per heavy atom. The van der Waals surface area contributed by atoms with E-state index in [0.29, 0.717) is 10.9 Å². The highest BCUT2D eigenvalue weighted by Gasteiger charge is 2.20. The first-order valence-corrected chi connectivity index (χ1v) is 6.61. The van der Waals surface area contributed by atoms with Gasteiger partial charge in [0.2, 0.25) is 0 Å². The molecule has 3 rings (SSSR count). The lowest BCUT2D eigenvalue weighted by Crippen LogP contribution is -2.31. The summed E-state index contributed by atoms with van der Waals surface area (Å²) in [5, 5.41) is 11.5. The number of nitro groups is 1. The van der Waals surface area contributed by atoms with E-state index in [2.05, 4.69) is 15.8 Å². The molecule has 1 heterocycles. The van der Waals surface area contributed by atoms with E-state index in [9.17, 15) is 10.1 Å². The number of non-ortho nitro benzene ring substituents is 1. The summed E-state index contributed by atoms with van der Waals surface area (Å²) in [5.74, 6) is 0.670. The molecule has 0 aliphatic carbocycles. The molecule has 0 amide bonds. The van der Waals surface area contributed by atoms with Crippen LogP contribution in [0, 0.1) is 10.1 Å². The normalized spacial score (nSPS) is 17.2. The molecule has 0 saturated heterocycles. The van der Waals surface area contributed by atoms with E-state index < -0.39 is 4.92 Å². The maximum atomic E-state index is 10.8. The predicted octanol–water partition coefficient (Wildman–Crippen LogP) is 2.80. The summed E-state index contributed by atoms with van der Waals surface area (Å²) >= 11 is 5.85. The lowest BCUT2D eigenvalue weighted by Gasteiger charge is -2.06. The third kappa shape index (κ3) is 2.86. The number of nitro benzene ring substituents is 1. The fourth-order valence-corrected chi connectivity index (χ4v) is 2.18. The Labute approximate surface area is 125 Å². The van der Waals surface area contributed by atoms with E-state index in [1.807, 2.05) is 12.1 Å². The summed E-state index contributed by atoms with van der Waals surface area (Å²) in [6.45, 7) is 0. The minimum Gasteiger partial charge on any atom is -0.303 e.